The van der Waals surface area contributed by atoms with Crippen LogP contribution in [0.3, 0.4) is 0 Å². The fourth-order valence-electron chi connectivity index (χ4n) is 1.23. The van der Waals surface area contributed by atoms with Gasteiger partial charge < -0.3 is 21.1 Å². The predicted octanol–water partition coefficient (Wildman–Crippen LogP) is -0.325. The Morgan fingerprint density at radius 2 is 2.21 bits per heavy atom. The lowest BCUT2D eigenvalue weighted by Crippen LogP contribution is -2.28. The van der Waals surface area contributed by atoms with Gasteiger partial charge in [-0.3, -0.25) is 4.79 Å². The molecular weight excluding hydrogens is 266 g/mol. The molecule has 0 atom stereocenters. The van der Waals surface area contributed by atoms with Crippen LogP contribution in [0.15, 0.2) is 12.4 Å². The number of amides is 1. The molecule has 1 aromatic rings. The van der Waals surface area contributed by atoms with Crippen molar-refractivity contribution in [3.05, 3.63) is 18.1 Å². The lowest BCUT2D eigenvalue weighted by molar-refractivity contribution is -0.121. The molecule has 19 heavy (non-hydrogen) atoms. The van der Waals surface area contributed by atoms with Crippen molar-refractivity contribution in [1.29, 1.82) is 0 Å². The molecule has 1 amide bonds. The number of rotatable bonds is 8. The van der Waals surface area contributed by atoms with E-state index in [1.165, 1.54) is 12.4 Å². The largest absolute Gasteiger partial charge is 0.388 e. The highest BCUT2D eigenvalue weighted by atomic mass is 32.1. The van der Waals surface area contributed by atoms with Gasteiger partial charge in [0.05, 0.1) is 19.0 Å². The number of thiocarbonyl (C=S) groups is 1. The van der Waals surface area contributed by atoms with Crippen LogP contribution in [0.2, 0.25) is 0 Å². The molecule has 0 unspecified atom stereocenters. The van der Waals surface area contributed by atoms with Crippen molar-refractivity contribution in [1.82, 2.24) is 15.3 Å². The van der Waals surface area contributed by atoms with Gasteiger partial charge in [-0.25, -0.2) is 9.97 Å². The normalized spacial score (nSPS) is 9.95. The molecule has 0 saturated heterocycles. The summed E-state index contributed by atoms with van der Waals surface area (Å²) >= 11 is 4.77. The van der Waals surface area contributed by atoms with Gasteiger partial charge in [-0.1, -0.05) is 12.2 Å². The Hall–Kier alpha value is -1.80. The third-order valence-corrected chi connectivity index (χ3v) is 2.40. The minimum atomic E-state index is -0.0442. The van der Waals surface area contributed by atoms with Crippen LogP contribution in [-0.2, 0) is 9.53 Å². The molecule has 0 aliphatic heterocycles. The smallest absolute Gasteiger partial charge is 0.221 e. The van der Waals surface area contributed by atoms with Gasteiger partial charge in [-0.05, 0) is 0 Å². The molecule has 0 radical (unpaired) electrons. The van der Waals surface area contributed by atoms with E-state index in [-0.39, 0.29) is 10.9 Å². The summed E-state index contributed by atoms with van der Waals surface area (Å²) in [5.74, 6) is 0.530. The highest BCUT2D eigenvalue weighted by Gasteiger charge is 2.02. The second-order valence-electron chi connectivity index (χ2n) is 3.67. The maximum atomic E-state index is 11.4. The molecule has 0 spiro atoms. The van der Waals surface area contributed by atoms with Gasteiger partial charge in [0.2, 0.25) is 5.91 Å². The number of hydrogen-bond acceptors (Lipinski definition) is 6. The van der Waals surface area contributed by atoms with E-state index in [9.17, 15) is 4.79 Å². The number of carbonyl (C=O) groups excluding carboxylic acids is 1. The van der Waals surface area contributed by atoms with E-state index >= 15 is 0 Å². The number of ether oxygens (including phenoxy) is 1. The minimum Gasteiger partial charge on any atom is -0.388 e. The number of methoxy groups -OCH3 is 1. The summed E-state index contributed by atoms with van der Waals surface area (Å²) in [4.78, 5) is 19.7. The summed E-state index contributed by atoms with van der Waals surface area (Å²) in [5.41, 5.74) is 5.88. The standard InChI is InChI=1S/C11H17N5O2S/c1-18-5-4-14-10(17)2-3-13-9-7-15-8(6-16-9)11(12)19/h6-7H,2-5H2,1H3,(H2,12,19)(H,13,16)(H,14,17). The average molecular weight is 283 g/mol. The molecule has 1 rings (SSSR count). The van der Waals surface area contributed by atoms with Gasteiger partial charge in [0.25, 0.3) is 0 Å². The van der Waals surface area contributed by atoms with Gasteiger partial charge in [0.15, 0.2) is 0 Å². The molecule has 0 bridgehead atoms. The third-order valence-electron chi connectivity index (χ3n) is 2.19. The quantitative estimate of drug-likeness (QED) is 0.443. The van der Waals surface area contributed by atoms with Gasteiger partial charge in [0.1, 0.15) is 16.5 Å². The Balaban J connectivity index is 2.25. The second-order valence-corrected chi connectivity index (χ2v) is 4.11. The second kappa shape index (κ2) is 8.33. The number of nitrogens with two attached hydrogens (primary N) is 1. The van der Waals surface area contributed by atoms with E-state index in [0.717, 1.165) is 0 Å². The van der Waals surface area contributed by atoms with Crippen molar-refractivity contribution in [2.45, 2.75) is 6.42 Å². The summed E-state index contributed by atoms with van der Waals surface area (Å²) in [6, 6.07) is 0. The molecule has 0 aliphatic carbocycles. The van der Waals surface area contributed by atoms with E-state index in [1.807, 2.05) is 0 Å². The Kier molecular flexibility index (Phi) is 6.69. The molecule has 7 nitrogen and oxygen atoms in total. The Morgan fingerprint density at radius 3 is 2.79 bits per heavy atom. The molecule has 1 heterocycles. The van der Waals surface area contributed by atoms with Gasteiger partial charge in [0, 0.05) is 26.6 Å². The van der Waals surface area contributed by atoms with Crippen LogP contribution in [-0.4, -0.2) is 47.7 Å². The summed E-state index contributed by atoms with van der Waals surface area (Å²) in [6.45, 7) is 1.49. The van der Waals surface area contributed by atoms with Gasteiger partial charge in [-0.2, -0.15) is 0 Å². The number of nitrogens with one attached hydrogen (secondary N) is 2. The van der Waals surface area contributed by atoms with E-state index in [2.05, 4.69) is 20.6 Å². The Labute approximate surface area is 116 Å². The van der Waals surface area contributed by atoms with Gasteiger partial charge in [-0.15, -0.1) is 0 Å². The maximum absolute atomic E-state index is 11.4. The molecule has 104 valence electrons. The topological polar surface area (TPSA) is 102 Å². The monoisotopic (exact) mass is 283 g/mol. The maximum Gasteiger partial charge on any atom is 0.221 e. The Bertz CT molecular complexity index is 424. The van der Waals surface area contributed by atoms with E-state index in [4.69, 9.17) is 22.7 Å². The lowest BCUT2D eigenvalue weighted by atomic mass is 10.4. The van der Waals surface area contributed by atoms with Crippen LogP contribution >= 0.6 is 12.2 Å². The highest BCUT2D eigenvalue weighted by molar-refractivity contribution is 7.80. The molecule has 0 saturated carbocycles. The first kappa shape index (κ1) is 15.3. The van der Waals surface area contributed by atoms with Crippen LogP contribution in [0.25, 0.3) is 0 Å². The number of hydrogen-bond donors (Lipinski definition) is 3. The fraction of sp³-hybridized carbons (Fsp3) is 0.455. The van der Waals surface area contributed by atoms with Crippen LogP contribution in [0.4, 0.5) is 5.82 Å². The molecule has 0 aromatic carbocycles. The average Bonchev–Trinajstić information content (AvgIpc) is 2.39. The van der Waals surface area contributed by atoms with Crippen molar-refractivity contribution in [2.24, 2.45) is 5.73 Å². The molecular formula is C11H17N5O2S. The fourth-order valence-corrected chi connectivity index (χ4v) is 1.34. The molecule has 4 N–H and O–H groups in total. The summed E-state index contributed by atoms with van der Waals surface area (Å²) in [7, 11) is 1.59. The number of aromatic nitrogens is 2. The lowest BCUT2D eigenvalue weighted by Gasteiger charge is -2.06. The highest BCUT2D eigenvalue weighted by Crippen LogP contribution is 2.00. The van der Waals surface area contributed by atoms with Crippen LogP contribution < -0.4 is 16.4 Å². The van der Waals surface area contributed by atoms with Crippen molar-refractivity contribution >= 4 is 28.9 Å². The first-order chi connectivity index (χ1) is 9.13. The van der Waals surface area contributed by atoms with Crippen molar-refractivity contribution in [3.63, 3.8) is 0 Å². The third kappa shape index (κ3) is 6.07. The first-order valence-electron chi connectivity index (χ1n) is 5.75. The zero-order chi connectivity index (χ0) is 14.1. The van der Waals surface area contributed by atoms with Crippen LogP contribution in [0, 0.1) is 0 Å². The molecule has 1 aromatic heterocycles. The van der Waals surface area contributed by atoms with Gasteiger partial charge >= 0.3 is 0 Å². The zero-order valence-corrected chi connectivity index (χ0v) is 11.5. The zero-order valence-electron chi connectivity index (χ0n) is 10.7. The van der Waals surface area contributed by atoms with E-state index in [0.29, 0.717) is 37.6 Å². The van der Waals surface area contributed by atoms with Crippen molar-refractivity contribution < 1.29 is 9.53 Å². The van der Waals surface area contributed by atoms with Crippen LogP contribution in [0.5, 0.6) is 0 Å². The van der Waals surface area contributed by atoms with E-state index in [1.54, 1.807) is 7.11 Å². The number of carbonyl (C=O) groups is 1. The van der Waals surface area contributed by atoms with Crippen LogP contribution in [0.1, 0.15) is 12.1 Å². The SMILES string of the molecule is COCCNC(=O)CCNc1cnc(C(N)=S)cn1. The number of nitrogens with zero attached hydrogens (tertiary/aromatic N) is 2. The molecule has 0 aliphatic rings. The summed E-state index contributed by atoms with van der Waals surface area (Å²) < 4.78 is 4.83. The van der Waals surface area contributed by atoms with Crippen molar-refractivity contribution in [3.8, 4) is 0 Å². The first-order valence-corrected chi connectivity index (χ1v) is 6.15. The van der Waals surface area contributed by atoms with E-state index < -0.39 is 0 Å². The molecule has 8 heteroatoms. The Morgan fingerprint density at radius 1 is 1.42 bits per heavy atom. The number of anilines is 1. The van der Waals surface area contributed by atoms with Crippen molar-refractivity contribution in [2.75, 3.05) is 32.1 Å². The predicted molar refractivity (Wildman–Crippen MR) is 75.9 cm³/mol. The minimum absolute atomic E-state index is 0.0442. The summed E-state index contributed by atoms with van der Waals surface area (Å²) in [6.07, 6.45) is 3.36. The summed E-state index contributed by atoms with van der Waals surface area (Å²) in [5, 5.41) is 5.70. The molecule has 0 fully saturated rings.